The molecule has 0 aliphatic carbocycles. The SMILES string of the molecule is CCc1ccc2nc(NC(=O)c3ccc4c(c3)C(=O)N(c3ccc(C)cc3C)C4=O)sc2c1. The lowest BCUT2D eigenvalue weighted by Gasteiger charge is -2.16. The Morgan fingerprint density at radius 2 is 1.76 bits per heavy atom. The minimum atomic E-state index is -0.427. The molecule has 1 aromatic heterocycles. The predicted molar refractivity (Wildman–Crippen MR) is 130 cm³/mol. The molecule has 0 atom stereocenters. The molecule has 7 heteroatoms. The Bertz CT molecular complexity index is 1470. The maximum absolute atomic E-state index is 13.1. The molecule has 2 heterocycles. The Morgan fingerprint density at radius 1 is 0.970 bits per heavy atom. The summed E-state index contributed by atoms with van der Waals surface area (Å²) in [6, 6.07) is 16.2. The molecule has 164 valence electrons. The first-order valence-corrected chi connectivity index (χ1v) is 11.5. The number of nitrogens with one attached hydrogen (secondary N) is 1. The standard InChI is InChI=1S/C26H21N3O3S/c1-4-16-6-9-20-22(12-16)33-26(27-20)28-23(30)17-7-8-18-19(13-17)25(32)29(24(18)31)21-10-5-14(2)11-15(21)3/h5-13H,4H2,1-3H3,(H,27,28,30). The van der Waals surface area contributed by atoms with Crippen LogP contribution in [0.15, 0.2) is 54.6 Å². The molecule has 0 saturated carbocycles. The van der Waals surface area contributed by atoms with Gasteiger partial charge in [-0.25, -0.2) is 9.88 Å². The molecule has 0 unspecified atom stereocenters. The van der Waals surface area contributed by atoms with Gasteiger partial charge in [-0.3, -0.25) is 19.7 Å². The third-order valence-electron chi connectivity index (χ3n) is 5.82. The zero-order chi connectivity index (χ0) is 23.3. The van der Waals surface area contributed by atoms with Crippen molar-refractivity contribution in [1.82, 2.24) is 4.98 Å². The monoisotopic (exact) mass is 455 g/mol. The smallest absolute Gasteiger partial charge is 0.266 e. The lowest BCUT2D eigenvalue weighted by Crippen LogP contribution is -2.30. The van der Waals surface area contributed by atoms with Gasteiger partial charge in [0.2, 0.25) is 0 Å². The maximum Gasteiger partial charge on any atom is 0.266 e. The van der Waals surface area contributed by atoms with Crippen molar-refractivity contribution in [3.63, 3.8) is 0 Å². The number of aromatic nitrogens is 1. The first kappa shape index (κ1) is 21.0. The van der Waals surface area contributed by atoms with E-state index >= 15 is 0 Å². The number of aryl methyl sites for hydroxylation is 3. The number of fused-ring (bicyclic) bond motifs is 2. The van der Waals surface area contributed by atoms with Crippen molar-refractivity contribution < 1.29 is 14.4 Å². The third-order valence-corrected chi connectivity index (χ3v) is 6.76. The molecule has 0 fully saturated rings. The van der Waals surface area contributed by atoms with Crippen molar-refractivity contribution in [2.75, 3.05) is 10.2 Å². The van der Waals surface area contributed by atoms with Crippen molar-refractivity contribution in [3.8, 4) is 0 Å². The van der Waals surface area contributed by atoms with Crippen LogP contribution in [-0.2, 0) is 6.42 Å². The van der Waals surface area contributed by atoms with Crippen molar-refractivity contribution in [2.45, 2.75) is 27.2 Å². The van der Waals surface area contributed by atoms with Crippen LogP contribution in [0.5, 0.6) is 0 Å². The number of carbonyl (C=O) groups excluding carboxylic acids is 3. The van der Waals surface area contributed by atoms with Gasteiger partial charge < -0.3 is 0 Å². The fourth-order valence-corrected chi connectivity index (χ4v) is 4.99. The van der Waals surface area contributed by atoms with Crippen molar-refractivity contribution in [3.05, 3.63) is 88.0 Å². The fourth-order valence-electron chi connectivity index (χ4n) is 4.07. The molecular weight excluding hydrogens is 434 g/mol. The second-order valence-corrected chi connectivity index (χ2v) is 9.16. The highest BCUT2D eigenvalue weighted by atomic mass is 32.1. The molecule has 1 N–H and O–H groups in total. The van der Waals surface area contributed by atoms with Crippen LogP contribution >= 0.6 is 11.3 Å². The Balaban J connectivity index is 1.42. The molecule has 33 heavy (non-hydrogen) atoms. The highest BCUT2D eigenvalue weighted by Crippen LogP contribution is 2.32. The molecule has 4 aromatic rings. The Kier molecular flexibility index (Phi) is 5.06. The third kappa shape index (κ3) is 3.60. The molecular formula is C26H21N3O3S. The summed E-state index contributed by atoms with van der Waals surface area (Å²) < 4.78 is 1.00. The van der Waals surface area contributed by atoms with Gasteiger partial charge in [0.05, 0.1) is 27.0 Å². The minimum Gasteiger partial charge on any atom is -0.298 e. The van der Waals surface area contributed by atoms with E-state index in [2.05, 4.69) is 23.3 Å². The highest BCUT2D eigenvalue weighted by Gasteiger charge is 2.37. The molecule has 6 nitrogen and oxygen atoms in total. The van der Waals surface area contributed by atoms with Crippen LogP contribution in [0.25, 0.3) is 10.2 Å². The number of hydrogen-bond acceptors (Lipinski definition) is 5. The number of carbonyl (C=O) groups is 3. The Hall–Kier alpha value is -3.84. The normalized spacial score (nSPS) is 13.0. The van der Waals surface area contributed by atoms with Gasteiger partial charge in [0.15, 0.2) is 5.13 Å². The number of amides is 3. The van der Waals surface area contributed by atoms with Gasteiger partial charge in [-0.15, -0.1) is 0 Å². The van der Waals surface area contributed by atoms with E-state index in [1.165, 1.54) is 27.9 Å². The summed E-state index contributed by atoms with van der Waals surface area (Å²) in [5.41, 5.74) is 5.29. The number of imide groups is 1. The van der Waals surface area contributed by atoms with Crippen molar-refractivity contribution >= 4 is 50.1 Å². The molecule has 1 aliphatic heterocycles. The van der Waals surface area contributed by atoms with E-state index in [-0.39, 0.29) is 17.4 Å². The second-order valence-electron chi connectivity index (χ2n) is 8.12. The van der Waals surface area contributed by atoms with Gasteiger partial charge in [-0.2, -0.15) is 0 Å². The molecule has 0 radical (unpaired) electrons. The maximum atomic E-state index is 13.1. The quantitative estimate of drug-likeness (QED) is 0.411. The summed E-state index contributed by atoms with van der Waals surface area (Å²) in [6.07, 6.45) is 0.927. The number of benzene rings is 3. The molecule has 3 amide bonds. The van der Waals surface area contributed by atoms with Crippen LogP contribution in [0.3, 0.4) is 0 Å². The van der Waals surface area contributed by atoms with Crippen LogP contribution < -0.4 is 10.2 Å². The van der Waals surface area contributed by atoms with Gasteiger partial charge in [-0.1, -0.05) is 42.0 Å². The van der Waals surface area contributed by atoms with Crippen molar-refractivity contribution in [2.24, 2.45) is 0 Å². The van der Waals surface area contributed by atoms with E-state index in [1.807, 2.05) is 38.1 Å². The van der Waals surface area contributed by atoms with E-state index < -0.39 is 5.91 Å². The zero-order valence-electron chi connectivity index (χ0n) is 18.4. The van der Waals surface area contributed by atoms with Crippen LogP contribution in [-0.4, -0.2) is 22.7 Å². The largest absolute Gasteiger partial charge is 0.298 e. The van der Waals surface area contributed by atoms with Gasteiger partial charge in [0.25, 0.3) is 17.7 Å². The summed E-state index contributed by atoms with van der Waals surface area (Å²) in [5.74, 6) is -1.19. The second kappa shape index (κ2) is 7.94. The molecule has 0 saturated heterocycles. The van der Waals surface area contributed by atoms with E-state index in [4.69, 9.17) is 0 Å². The van der Waals surface area contributed by atoms with E-state index in [9.17, 15) is 14.4 Å². The van der Waals surface area contributed by atoms with Gasteiger partial charge in [-0.05, 0) is 67.8 Å². The van der Waals surface area contributed by atoms with Gasteiger partial charge >= 0.3 is 0 Å². The molecule has 3 aromatic carbocycles. The topological polar surface area (TPSA) is 79.4 Å². The Morgan fingerprint density at radius 3 is 2.52 bits per heavy atom. The summed E-state index contributed by atoms with van der Waals surface area (Å²) in [4.78, 5) is 44.6. The van der Waals surface area contributed by atoms with E-state index in [1.54, 1.807) is 18.2 Å². The van der Waals surface area contributed by atoms with Crippen LogP contribution in [0.1, 0.15) is 54.7 Å². The minimum absolute atomic E-state index is 0.226. The van der Waals surface area contributed by atoms with Crippen LogP contribution in [0.4, 0.5) is 10.8 Å². The first-order valence-electron chi connectivity index (χ1n) is 10.7. The number of thiazole rings is 1. The number of rotatable bonds is 4. The summed E-state index contributed by atoms with van der Waals surface area (Å²) in [5, 5.41) is 3.31. The average Bonchev–Trinajstić information content (AvgIpc) is 3.31. The molecule has 5 rings (SSSR count). The van der Waals surface area contributed by atoms with Crippen LogP contribution in [0, 0.1) is 13.8 Å². The number of anilines is 2. The summed E-state index contributed by atoms with van der Waals surface area (Å²) in [7, 11) is 0. The Labute approximate surface area is 194 Å². The van der Waals surface area contributed by atoms with E-state index in [0.29, 0.717) is 21.9 Å². The van der Waals surface area contributed by atoms with Gasteiger partial charge in [0, 0.05) is 5.56 Å². The molecule has 0 bridgehead atoms. The van der Waals surface area contributed by atoms with Gasteiger partial charge in [0.1, 0.15) is 0 Å². The van der Waals surface area contributed by atoms with Crippen molar-refractivity contribution in [1.29, 1.82) is 0 Å². The lowest BCUT2D eigenvalue weighted by molar-refractivity contribution is 0.0925. The fraction of sp³-hybridized carbons (Fsp3) is 0.154. The lowest BCUT2D eigenvalue weighted by atomic mass is 10.1. The average molecular weight is 456 g/mol. The predicted octanol–water partition coefficient (Wildman–Crippen LogP) is 5.53. The van der Waals surface area contributed by atoms with Crippen LogP contribution in [0.2, 0.25) is 0 Å². The summed E-state index contributed by atoms with van der Waals surface area (Å²) in [6.45, 7) is 5.91. The first-order chi connectivity index (χ1) is 15.9. The number of hydrogen-bond donors (Lipinski definition) is 1. The summed E-state index contributed by atoms with van der Waals surface area (Å²) >= 11 is 1.40. The molecule has 0 spiro atoms. The van der Waals surface area contributed by atoms with E-state index in [0.717, 1.165) is 27.8 Å². The molecule has 1 aliphatic rings. The zero-order valence-corrected chi connectivity index (χ0v) is 19.2. The highest BCUT2D eigenvalue weighted by molar-refractivity contribution is 7.22. The number of nitrogens with zero attached hydrogens (tertiary/aromatic N) is 2.